The molecule has 1 amide bonds. The lowest BCUT2D eigenvalue weighted by molar-refractivity contribution is 0.0955. The Kier molecular flexibility index (Phi) is 4.72. The van der Waals surface area contributed by atoms with E-state index in [1.165, 1.54) is 17.7 Å². The van der Waals surface area contributed by atoms with E-state index in [0.29, 0.717) is 5.56 Å². The van der Waals surface area contributed by atoms with Crippen LogP contribution < -0.4 is 5.43 Å². The van der Waals surface area contributed by atoms with Crippen LogP contribution in [-0.2, 0) is 6.42 Å². The first-order chi connectivity index (χ1) is 10.1. The van der Waals surface area contributed by atoms with Gasteiger partial charge in [-0.25, -0.2) is 5.43 Å². The van der Waals surface area contributed by atoms with Crippen LogP contribution in [0.5, 0.6) is 5.75 Å². The zero-order valence-corrected chi connectivity index (χ0v) is 12.1. The molecule has 0 saturated heterocycles. The number of amides is 1. The van der Waals surface area contributed by atoms with Gasteiger partial charge in [0.2, 0.25) is 0 Å². The van der Waals surface area contributed by atoms with Gasteiger partial charge in [0.15, 0.2) is 0 Å². The predicted molar refractivity (Wildman–Crippen MR) is 83.6 cm³/mol. The summed E-state index contributed by atoms with van der Waals surface area (Å²) in [6.45, 7) is 3.95. The summed E-state index contributed by atoms with van der Waals surface area (Å²) in [7, 11) is 0. The Hall–Kier alpha value is -2.62. The van der Waals surface area contributed by atoms with E-state index in [4.69, 9.17) is 0 Å². The molecular formula is C17H18N2O2. The highest BCUT2D eigenvalue weighted by molar-refractivity contribution is 6.00. The fourth-order valence-corrected chi connectivity index (χ4v) is 1.86. The van der Waals surface area contributed by atoms with Gasteiger partial charge in [0.1, 0.15) is 5.75 Å². The Morgan fingerprint density at radius 2 is 1.62 bits per heavy atom. The minimum atomic E-state index is -0.306. The van der Waals surface area contributed by atoms with Crippen molar-refractivity contribution in [3.05, 3.63) is 65.2 Å². The summed E-state index contributed by atoms with van der Waals surface area (Å²) in [4.78, 5) is 11.9. The fourth-order valence-electron chi connectivity index (χ4n) is 1.86. The lowest BCUT2D eigenvalue weighted by Gasteiger charge is -2.04. The molecule has 21 heavy (non-hydrogen) atoms. The highest BCUT2D eigenvalue weighted by atomic mass is 16.3. The van der Waals surface area contributed by atoms with Crippen LogP contribution in [-0.4, -0.2) is 16.7 Å². The first kappa shape index (κ1) is 14.8. The summed E-state index contributed by atoms with van der Waals surface area (Å²) in [5.74, 6) is -0.179. The number of phenolic OH excluding ortho intramolecular Hbond substituents is 1. The van der Waals surface area contributed by atoms with Crippen molar-refractivity contribution in [3.63, 3.8) is 0 Å². The third-order valence-corrected chi connectivity index (χ3v) is 3.23. The van der Waals surface area contributed by atoms with Crippen molar-refractivity contribution in [1.29, 1.82) is 0 Å². The number of phenols is 1. The number of aryl methyl sites for hydroxylation is 1. The number of nitrogens with zero attached hydrogens (tertiary/aromatic N) is 1. The molecule has 2 rings (SSSR count). The van der Waals surface area contributed by atoms with E-state index >= 15 is 0 Å². The van der Waals surface area contributed by atoms with Gasteiger partial charge in [-0.1, -0.05) is 31.2 Å². The van der Waals surface area contributed by atoms with Crippen molar-refractivity contribution >= 4 is 11.6 Å². The predicted octanol–water partition coefficient (Wildman–Crippen LogP) is 3.11. The maximum Gasteiger partial charge on any atom is 0.271 e. The van der Waals surface area contributed by atoms with Crippen LogP contribution in [0.25, 0.3) is 0 Å². The van der Waals surface area contributed by atoms with Crippen LogP contribution in [0.2, 0.25) is 0 Å². The SMILES string of the molecule is CCc1ccc(/C(C)=N/NC(=O)c2ccc(O)cc2)cc1. The quantitative estimate of drug-likeness (QED) is 0.668. The van der Waals surface area contributed by atoms with Gasteiger partial charge in [0.05, 0.1) is 5.71 Å². The number of hydrogen-bond acceptors (Lipinski definition) is 3. The Bertz CT molecular complexity index is 643. The van der Waals surface area contributed by atoms with Crippen LogP contribution in [0, 0.1) is 0 Å². The number of carbonyl (C=O) groups is 1. The summed E-state index contributed by atoms with van der Waals surface area (Å²) >= 11 is 0. The average molecular weight is 282 g/mol. The van der Waals surface area contributed by atoms with Gasteiger partial charge < -0.3 is 5.11 Å². The van der Waals surface area contributed by atoms with Crippen LogP contribution in [0.4, 0.5) is 0 Å². The number of nitrogens with one attached hydrogen (secondary N) is 1. The molecule has 0 saturated carbocycles. The standard InChI is InChI=1S/C17H18N2O2/c1-3-13-4-6-14(7-5-13)12(2)18-19-17(21)15-8-10-16(20)11-9-15/h4-11,20H,3H2,1-2H3,(H,19,21)/b18-12+. The molecule has 0 bridgehead atoms. The van der Waals surface area contributed by atoms with Crippen LogP contribution >= 0.6 is 0 Å². The molecule has 2 aromatic carbocycles. The van der Waals surface area contributed by atoms with Gasteiger partial charge in [0.25, 0.3) is 5.91 Å². The number of hydrazone groups is 1. The molecule has 4 nitrogen and oxygen atoms in total. The van der Waals surface area contributed by atoms with Crippen LogP contribution in [0.3, 0.4) is 0 Å². The van der Waals surface area contributed by atoms with Gasteiger partial charge >= 0.3 is 0 Å². The number of aromatic hydroxyl groups is 1. The van der Waals surface area contributed by atoms with Crippen molar-refractivity contribution < 1.29 is 9.90 Å². The third kappa shape index (κ3) is 3.92. The molecule has 4 heteroatoms. The van der Waals surface area contributed by atoms with Crippen LogP contribution in [0.15, 0.2) is 53.6 Å². The highest BCUT2D eigenvalue weighted by Gasteiger charge is 2.04. The zero-order chi connectivity index (χ0) is 15.2. The molecule has 0 atom stereocenters. The molecule has 0 aliphatic heterocycles. The summed E-state index contributed by atoms with van der Waals surface area (Å²) in [5.41, 5.74) is 5.94. The largest absolute Gasteiger partial charge is 0.508 e. The Morgan fingerprint density at radius 3 is 2.19 bits per heavy atom. The molecular weight excluding hydrogens is 264 g/mol. The number of benzene rings is 2. The summed E-state index contributed by atoms with van der Waals surface area (Å²) in [5, 5.41) is 13.3. The van der Waals surface area contributed by atoms with E-state index in [-0.39, 0.29) is 11.7 Å². The lowest BCUT2D eigenvalue weighted by atomic mass is 10.1. The monoisotopic (exact) mass is 282 g/mol. The Balaban J connectivity index is 2.05. The topological polar surface area (TPSA) is 61.7 Å². The molecule has 2 N–H and O–H groups in total. The van der Waals surface area contributed by atoms with Gasteiger partial charge in [-0.05, 0) is 48.7 Å². The summed E-state index contributed by atoms with van der Waals surface area (Å²) in [6.07, 6.45) is 0.994. The molecule has 0 heterocycles. The summed E-state index contributed by atoms with van der Waals surface area (Å²) in [6, 6.07) is 14.1. The van der Waals surface area contributed by atoms with Crippen molar-refractivity contribution in [3.8, 4) is 5.75 Å². The van der Waals surface area contributed by atoms with E-state index in [1.54, 1.807) is 12.1 Å². The van der Waals surface area contributed by atoms with Crippen molar-refractivity contribution in [2.45, 2.75) is 20.3 Å². The molecule has 0 aliphatic carbocycles. The van der Waals surface area contributed by atoms with Gasteiger partial charge in [0, 0.05) is 5.56 Å². The number of rotatable bonds is 4. The van der Waals surface area contributed by atoms with Gasteiger partial charge in [-0.15, -0.1) is 0 Å². The van der Waals surface area contributed by atoms with Gasteiger partial charge in [-0.3, -0.25) is 4.79 Å². The second kappa shape index (κ2) is 6.70. The highest BCUT2D eigenvalue weighted by Crippen LogP contribution is 2.10. The van der Waals surface area contributed by atoms with E-state index in [9.17, 15) is 9.90 Å². The lowest BCUT2D eigenvalue weighted by Crippen LogP contribution is -2.19. The zero-order valence-electron chi connectivity index (χ0n) is 12.1. The second-order valence-corrected chi connectivity index (χ2v) is 4.74. The molecule has 0 unspecified atom stereocenters. The summed E-state index contributed by atoms with van der Waals surface area (Å²) < 4.78 is 0. The smallest absolute Gasteiger partial charge is 0.271 e. The second-order valence-electron chi connectivity index (χ2n) is 4.74. The van der Waals surface area contributed by atoms with Crippen LogP contribution in [0.1, 0.15) is 35.3 Å². The maximum atomic E-state index is 11.9. The van der Waals surface area contributed by atoms with E-state index < -0.39 is 0 Å². The normalized spacial score (nSPS) is 11.2. The Morgan fingerprint density at radius 1 is 1.05 bits per heavy atom. The maximum absolute atomic E-state index is 11.9. The fraction of sp³-hybridized carbons (Fsp3) is 0.176. The van der Waals surface area contributed by atoms with E-state index in [0.717, 1.165) is 17.7 Å². The molecule has 2 aromatic rings. The molecule has 0 fully saturated rings. The Labute approximate surface area is 124 Å². The van der Waals surface area contributed by atoms with Crippen molar-refractivity contribution in [2.75, 3.05) is 0 Å². The molecule has 0 radical (unpaired) electrons. The molecule has 108 valence electrons. The molecule has 0 aliphatic rings. The van der Waals surface area contributed by atoms with E-state index in [1.807, 2.05) is 19.1 Å². The van der Waals surface area contributed by atoms with E-state index in [2.05, 4.69) is 29.6 Å². The third-order valence-electron chi connectivity index (χ3n) is 3.23. The molecule has 0 aromatic heterocycles. The number of carbonyl (C=O) groups excluding carboxylic acids is 1. The first-order valence-electron chi connectivity index (χ1n) is 6.83. The van der Waals surface area contributed by atoms with Crippen molar-refractivity contribution in [1.82, 2.24) is 5.43 Å². The minimum Gasteiger partial charge on any atom is -0.508 e. The first-order valence-corrected chi connectivity index (χ1v) is 6.83. The minimum absolute atomic E-state index is 0.127. The van der Waals surface area contributed by atoms with Gasteiger partial charge in [-0.2, -0.15) is 5.10 Å². The molecule has 0 spiro atoms. The average Bonchev–Trinajstić information content (AvgIpc) is 2.53. The van der Waals surface area contributed by atoms with Crippen molar-refractivity contribution in [2.24, 2.45) is 5.10 Å². The number of hydrogen-bond donors (Lipinski definition) is 2.